The Bertz CT molecular complexity index is 3050. The maximum atomic E-state index is 14.7. The molecule has 6 amide bonds. The first kappa shape index (κ1) is 66.2. The Balaban J connectivity index is 0.000000246. The van der Waals surface area contributed by atoms with E-state index in [-0.39, 0.29) is 53.9 Å². The number of benzene rings is 4. The van der Waals surface area contributed by atoms with Gasteiger partial charge in [0.15, 0.2) is 21.8 Å². The van der Waals surface area contributed by atoms with Crippen LogP contribution in [0.2, 0.25) is 0 Å². The second-order valence-corrected chi connectivity index (χ2v) is 23.3. The number of hydrogen-bond donors (Lipinski definition) is 6. The first-order valence-corrected chi connectivity index (χ1v) is 31.8. The topological polar surface area (TPSA) is 219 Å². The van der Waals surface area contributed by atoms with Crippen molar-refractivity contribution in [3.63, 3.8) is 0 Å². The van der Waals surface area contributed by atoms with Crippen LogP contribution in [0.3, 0.4) is 0 Å². The molecule has 0 aliphatic carbocycles. The standard InChI is InChI=1S/C33H45N5O5S.C31H40FN5O4S/c1-5-8-17-38-18-15-28(16-19-38)42-27-12-9-23(10-13-27)31(39)37-33-34-21-30(44-33)43-29-14-11-26(20-24(29)22-41-4)36-32(40)35-25(6-2)7-3;1-4-7-16-37-17-14-25(15-18-37)40-24-11-8-21(9-12-24)29(38)36-31-33-20-28(42-31)41-27-13-10-23(19-26(27)32)35-30(39)34-22(5-2)6-3/h9-14,20-21,25,28H,5-8,15-19,22H2,1-4H3,(H,34,37,39)(H2,35,36,40);8-13,19-20,22,25H,4-7,14-18H2,1-3H3,(H,33,36,38)(H2,34,35,39). The summed E-state index contributed by atoms with van der Waals surface area (Å²) in [5.41, 5.74) is 2.69. The normalized spacial score (nSPS) is 14.0. The highest BCUT2D eigenvalue weighted by Gasteiger charge is 2.23. The number of aromatic nitrogens is 2. The van der Waals surface area contributed by atoms with Gasteiger partial charge in [-0.1, -0.05) is 77.1 Å². The summed E-state index contributed by atoms with van der Waals surface area (Å²) in [5.74, 6) is 0.852. The Morgan fingerprint density at radius 3 is 1.40 bits per heavy atom. The number of unbranched alkanes of at least 4 members (excludes halogenated alkanes) is 2. The number of urea groups is 2. The molecule has 19 nitrogen and oxygen atoms in total. The number of thiazole rings is 2. The number of rotatable bonds is 28. The van der Waals surface area contributed by atoms with Crippen LogP contribution in [-0.4, -0.2) is 114 Å². The fourth-order valence-electron chi connectivity index (χ4n) is 9.68. The molecule has 4 aromatic carbocycles. The van der Waals surface area contributed by atoms with Crippen molar-refractivity contribution in [1.82, 2.24) is 30.4 Å². The molecule has 0 unspecified atom stereocenters. The lowest BCUT2D eigenvalue weighted by Gasteiger charge is -2.32. The Labute approximate surface area is 513 Å². The molecule has 0 spiro atoms. The highest BCUT2D eigenvalue weighted by Crippen LogP contribution is 2.35. The van der Waals surface area contributed by atoms with Crippen molar-refractivity contribution in [3.8, 4) is 33.1 Å². The molecule has 6 N–H and O–H groups in total. The molecule has 8 rings (SSSR count). The molecular weight excluding hydrogens is 1140 g/mol. The third-order valence-corrected chi connectivity index (χ3v) is 16.4. The number of methoxy groups -OCH3 is 1. The van der Waals surface area contributed by atoms with E-state index in [9.17, 15) is 23.6 Å². The molecule has 6 aromatic rings. The number of nitrogens with zero attached hydrogens (tertiary/aromatic N) is 4. The number of ether oxygens (including phenoxy) is 5. The number of halogens is 1. The molecular formula is C64H85FN10O9S2. The van der Waals surface area contributed by atoms with E-state index in [0.717, 1.165) is 112 Å². The van der Waals surface area contributed by atoms with Gasteiger partial charge in [-0.3, -0.25) is 20.2 Å². The van der Waals surface area contributed by atoms with Crippen LogP contribution in [0.4, 0.5) is 35.6 Å². The van der Waals surface area contributed by atoms with Crippen molar-refractivity contribution in [2.45, 2.75) is 149 Å². The minimum atomic E-state index is -0.640. The summed E-state index contributed by atoms with van der Waals surface area (Å²) in [6.07, 6.45) is 15.7. The summed E-state index contributed by atoms with van der Waals surface area (Å²) in [4.78, 5) is 63.6. The number of nitrogens with one attached hydrogen (secondary N) is 6. The Hall–Kier alpha value is -7.37. The molecule has 0 bridgehead atoms. The lowest BCUT2D eigenvalue weighted by atomic mass is 10.1. The van der Waals surface area contributed by atoms with Gasteiger partial charge in [0.2, 0.25) is 10.1 Å². The van der Waals surface area contributed by atoms with Crippen LogP contribution in [0.1, 0.15) is 145 Å². The number of amides is 6. The van der Waals surface area contributed by atoms with Gasteiger partial charge < -0.3 is 54.8 Å². The zero-order chi connectivity index (χ0) is 61.2. The average molecular weight is 1220 g/mol. The van der Waals surface area contributed by atoms with Crippen LogP contribution in [0.25, 0.3) is 0 Å². The van der Waals surface area contributed by atoms with Gasteiger partial charge in [0.1, 0.15) is 29.5 Å². The van der Waals surface area contributed by atoms with E-state index in [1.807, 2.05) is 58.0 Å². The fourth-order valence-corrected chi connectivity index (χ4v) is 11.0. The maximum absolute atomic E-state index is 14.7. The fraction of sp³-hybridized carbons (Fsp3) is 0.469. The lowest BCUT2D eigenvalue weighted by Crippen LogP contribution is -2.38. The molecule has 86 heavy (non-hydrogen) atoms. The summed E-state index contributed by atoms with van der Waals surface area (Å²) in [5, 5.41) is 18.5. The zero-order valence-electron chi connectivity index (χ0n) is 50.6. The van der Waals surface area contributed by atoms with Crippen LogP contribution >= 0.6 is 22.7 Å². The second kappa shape index (κ2) is 34.7. The lowest BCUT2D eigenvalue weighted by molar-refractivity contribution is 0.0992. The van der Waals surface area contributed by atoms with Crippen LogP contribution in [-0.2, 0) is 11.3 Å². The summed E-state index contributed by atoms with van der Waals surface area (Å²) in [6.45, 7) is 19.3. The SMILES string of the molecule is CCCCN1CCC(Oc2ccc(C(=O)Nc3ncc(Oc4ccc(NC(=O)NC(CC)CC)cc4COC)s3)cc2)CC1.CCCCN1CCC(Oc2ccc(C(=O)Nc3ncc(Oc4ccc(NC(=O)NC(CC)CC)cc4F)s3)cc2)CC1. The molecule has 2 fully saturated rings. The minimum Gasteiger partial charge on any atom is -0.490 e. The van der Waals surface area contributed by atoms with E-state index in [2.05, 4.69) is 65.5 Å². The number of carbonyl (C=O) groups excluding carboxylic acids is 4. The highest BCUT2D eigenvalue weighted by atomic mass is 32.1. The molecule has 2 aliphatic rings. The summed E-state index contributed by atoms with van der Waals surface area (Å²) < 4.78 is 44.1. The van der Waals surface area contributed by atoms with Crippen LogP contribution in [0.5, 0.6) is 33.1 Å². The smallest absolute Gasteiger partial charge is 0.319 e. The van der Waals surface area contributed by atoms with Gasteiger partial charge in [-0.05, 0) is 156 Å². The number of anilines is 4. The van der Waals surface area contributed by atoms with Crippen molar-refractivity contribution >= 4 is 68.2 Å². The van der Waals surface area contributed by atoms with E-state index < -0.39 is 5.82 Å². The third kappa shape index (κ3) is 21.2. The second-order valence-electron chi connectivity index (χ2n) is 21.3. The van der Waals surface area contributed by atoms with Crippen molar-refractivity contribution in [3.05, 3.63) is 120 Å². The predicted octanol–water partition coefficient (Wildman–Crippen LogP) is 14.6. The highest BCUT2D eigenvalue weighted by molar-refractivity contribution is 7.17. The average Bonchev–Trinajstić information content (AvgIpc) is 4.23. The Morgan fingerprint density at radius 2 is 0.988 bits per heavy atom. The van der Waals surface area contributed by atoms with Gasteiger partial charge >= 0.3 is 12.1 Å². The van der Waals surface area contributed by atoms with Gasteiger partial charge in [0.05, 0.1) is 19.0 Å². The monoisotopic (exact) mass is 1220 g/mol. The number of carbonyl (C=O) groups is 4. The molecule has 4 heterocycles. The molecule has 22 heteroatoms. The Kier molecular flexibility index (Phi) is 26.7. The van der Waals surface area contributed by atoms with Crippen molar-refractivity contribution in [1.29, 1.82) is 0 Å². The number of hydrogen-bond acceptors (Lipinski definition) is 15. The minimum absolute atomic E-state index is 0.0234. The molecule has 0 atom stereocenters. The first-order chi connectivity index (χ1) is 41.8. The van der Waals surface area contributed by atoms with Gasteiger partial charge in [-0.25, -0.2) is 23.9 Å². The van der Waals surface area contributed by atoms with E-state index >= 15 is 0 Å². The van der Waals surface area contributed by atoms with Gasteiger partial charge in [0.25, 0.3) is 11.8 Å². The summed E-state index contributed by atoms with van der Waals surface area (Å²) in [7, 11) is 1.60. The Morgan fingerprint density at radius 1 is 0.570 bits per heavy atom. The molecule has 2 saturated heterocycles. The van der Waals surface area contributed by atoms with Crippen LogP contribution < -0.4 is 50.8 Å². The van der Waals surface area contributed by atoms with Gasteiger partial charge in [0, 0.05) is 79.5 Å². The molecule has 464 valence electrons. The van der Waals surface area contributed by atoms with Crippen molar-refractivity contribution in [2.75, 3.05) is 67.6 Å². The maximum Gasteiger partial charge on any atom is 0.319 e. The third-order valence-electron chi connectivity index (χ3n) is 14.8. The van der Waals surface area contributed by atoms with Crippen LogP contribution in [0, 0.1) is 5.82 Å². The zero-order valence-corrected chi connectivity index (χ0v) is 52.3. The van der Waals surface area contributed by atoms with E-state index in [1.54, 1.807) is 55.8 Å². The number of likely N-dealkylation sites (tertiary alicyclic amines) is 2. The molecule has 2 aliphatic heterocycles. The molecule has 0 saturated carbocycles. The van der Waals surface area contributed by atoms with E-state index in [4.69, 9.17) is 23.7 Å². The largest absolute Gasteiger partial charge is 0.490 e. The van der Waals surface area contributed by atoms with Gasteiger partial charge in [-0.15, -0.1) is 0 Å². The van der Waals surface area contributed by atoms with Gasteiger partial charge in [-0.2, -0.15) is 0 Å². The number of piperidine rings is 2. The first-order valence-electron chi connectivity index (χ1n) is 30.2. The molecule has 2 aromatic heterocycles. The van der Waals surface area contributed by atoms with Crippen molar-refractivity contribution in [2.24, 2.45) is 0 Å². The van der Waals surface area contributed by atoms with Crippen molar-refractivity contribution < 1.29 is 47.3 Å². The van der Waals surface area contributed by atoms with E-state index in [1.165, 1.54) is 61.9 Å². The van der Waals surface area contributed by atoms with Crippen LogP contribution in [0.15, 0.2) is 97.3 Å². The predicted molar refractivity (Wildman–Crippen MR) is 340 cm³/mol. The quantitative estimate of drug-likeness (QED) is 0.0270. The summed E-state index contributed by atoms with van der Waals surface area (Å²) >= 11 is 2.30. The summed E-state index contributed by atoms with van der Waals surface area (Å²) in [6, 6.07) is 23.4. The van der Waals surface area contributed by atoms with E-state index in [0.29, 0.717) is 55.2 Å². The molecule has 0 radical (unpaired) electrons.